The van der Waals surface area contributed by atoms with Crippen molar-refractivity contribution in [1.82, 2.24) is 0 Å². The molecule has 9 nitrogen and oxygen atoms in total. The maximum Gasteiger partial charge on any atom is 1.00 e. The smallest absolute Gasteiger partial charge is 0.726 e. The minimum Gasteiger partial charge on any atom is -0.726 e. The molecule has 0 spiro atoms. The molecule has 0 aromatic heterocycles. The fraction of sp³-hybridized carbons (Fsp3) is 0. The van der Waals surface area contributed by atoms with Crippen LogP contribution in [0.3, 0.4) is 0 Å². The Morgan fingerprint density at radius 2 is 1.25 bits per heavy atom. The normalized spacial score (nSPS) is 8.25. The van der Waals surface area contributed by atoms with E-state index in [1.54, 1.807) is 0 Å². The molecule has 0 bridgehead atoms. The van der Waals surface area contributed by atoms with Crippen LogP contribution in [0.25, 0.3) is 0 Å². The Bertz CT molecular complexity index is 162. The molecule has 0 aliphatic rings. The first-order valence-corrected chi connectivity index (χ1v) is 3.98. The van der Waals surface area contributed by atoms with Crippen molar-refractivity contribution in [1.29, 1.82) is 0 Å². The van der Waals surface area contributed by atoms with Crippen LogP contribution in [0.4, 0.5) is 0 Å². The first kappa shape index (κ1) is 23.0. The van der Waals surface area contributed by atoms with Crippen LogP contribution < -0.4 is 41.2 Å². The molecule has 72 valence electrons. The summed E-state index contributed by atoms with van der Waals surface area (Å²) in [7, 11) is -4.92. The molecule has 7 N–H and O–H groups in total. The summed E-state index contributed by atoms with van der Waals surface area (Å²) in [5.41, 5.74) is 0. The van der Waals surface area contributed by atoms with Gasteiger partial charge >= 0.3 is 29.6 Å². The molecule has 0 aliphatic carbocycles. The molecule has 0 fully saturated rings. The predicted molar refractivity (Wildman–Crippen MR) is 34.1 cm³/mol. The first-order valence-electron chi connectivity index (χ1n) is 1.55. The SMILES string of the molecule is NN.O=S(=O)([O-])O.O=S(O)O.[Na+]. The van der Waals surface area contributed by atoms with Gasteiger partial charge in [-0.25, -0.2) is 8.42 Å². The summed E-state index contributed by atoms with van der Waals surface area (Å²) >= 11 is -2.61. The minimum absolute atomic E-state index is 0. The maximum absolute atomic E-state index is 8.67. The summed E-state index contributed by atoms with van der Waals surface area (Å²) in [6.45, 7) is 0. The van der Waals surface area contributed by atoms with Crippen LogP contribution in [-0.4, -0.2) is 30.8 Å². The zero-order chi connectivity index (χ0) is 10.1. The van der Waals surface area contributed by atoms with E-state index in [1.165, 1.54) is 0 Å². The van der Waals surface area contributed by atoms with Gasteiger partial charge < -0.3 is 4.55 Å². The predicted octanol–water partition coefficient (Wildman–Crippen LogP) is -5.49. The van der Waals surface area contributed by atoms with E-state index in [1.807, 2.05) is 0 Å². The van der Waals surface area contributed by atoms with Gasteiger partial charge in [0.25, 0.3) is 11.4 Å². The van der Waals surface area contributed by atoms with Crippen molar-refractivity contribution in [2.75, 3.05) is 0 Å². The number of rotatable bonds is 0. The molecule has 12 heavy (non-hydrogen) atoms. The largest absolute Gasteiger partial charge is 1.00 e. The Kier molecular flexibility index (Phi) is 27.6. The van der Waals surface area contributed by atoms with Crippen molar-refractivity contribution in [3.05, 3.63) is 0 Å². The molecule has 0 saturated carbocycles. The van der Waals surface area contributed by atoms with Crippen LogP contribution in [0, 0.1) is 0 Å². The second kappa shape index (κ2) is 14.4. The summed E-state index contributed by atoms with van der Waals surface area (Å²) < 4.78 is 55.7. The minimum atomic E-state index is -4.92. The zero-order valence-electron chi connectivity index (χ0n) is 5.95. The van der Waals surface area contributed by atoms with Crippen LogP contribution in [0.15, 0.2) is 0 Å². The number of hydrogen-bond acceptors (Lipinski definition) is 6. The summed E-state index contributed by atoms with van der Waals surface area (Å²) in [6.07, 6.45) is 0. The molecule has 0 saturated heterocycles. The topological polar surface area (TPSA) is 187 Å². The molecule has 0 radical (unpaired) electrons. The van der Waals surface area contributed by atoms with Gasteiger partial charge in [0.1, 0.15) is 0 Å². The quantitative estimate of drug-likeness (QED) is 0.0679. The summed E-state index contributed by atoms with van der Waals surface area (Å²) in [6, 6.07) is 0. The second-order valence-electron chi connectivity index (χ2n) is 0.658. The molecule has 0 unspecified atom stereocenters. The number of nitrogens with two attached hydrogens (primary N) is 2. The van der Waals surface area contributed by atoms with E-state index in [-0.39, 0.29) is 29.6 Å². The van der Waals surface area contributed by atoms with Crippen LogP contribution in [-0.2, 0) is 21.8 Å². The van der Waals surface area contributed by atoms with E-state index in [9.17, 15) is 0 Å². The van der Waals surface area contributed by atoms with Crippen molar-refractivity contribution >= 4 is 21.8 Å². The summed E-state index contributed by atoms with van der Waals surface area (Å²) in [5, 5.41) is 0. The van der Waals surface area contributed by atoms with Gasteiger partial charge in [0.15, 0.2) is 0 Å². The van der Waals surface area contributed by atoms with E-state index in [0.717, 1.165) is 0 Å². The van der Waals surface area contributed by atoms with E-state index in [4.69, 9.17) is 30.8 Å². The first-order chi connectivity index (χ1) is 4.73. The van der Waals surface area contributed by atoms with Gasteiger partial charge in [-0.3, -0.25) is 25.3 Å². The molecule has 0 heterocycles. The van der Waals surface area contributed by atoms with Crippen molar-refractivity contribution in [3.63, 3.8) is 0 Å². The molecule has 0 aliphatic heterocycles. The Balaban J connectivity index is -0.0000000419. The van der Waals surface area contributed by atoms with Crippen molar-refractivity contribution < 1.29 is 60.4 Å². The summed E-state index contributed by atoms with van der Waals surface area (Å²) in [4.78, 5) is 0. The molecule has 12 heteroatoms. The van der Waals surface area contributed by atoms with E-state index in [2.05, 4.69) is 11.7 Å². The van der Waals surface area contributed by atoms with Crippen LogP contribution in [0.5, 0.6) is 0 Å². The molecular formula is H7N2NaO7S2. The van der Waals surface area contributed by atoms with Gasteiger partial charge in [-0.2, -0.15) is 4.21 Å². The maximum atomic E-state index is 8.67. The molecule has 0 rings (SSSR count). The van der Waals surface area contributed by atoms with Gasteiger partial charge in [0.05, 0.1) is 0 Å². The summed E-state index contributed by atoms with van der Waals surface area (Å²) in [5.74, 6) is 8.00. The monoisotopic (exact) mass is 234 g/mol. The molecule has 0 aromatic rings. The van der Waals surface area contributed by atoms with Crippen LogP contribution >= 0.6 is 0 Å². The van der Waals surface area contributed by atoms with Crippen molar-refractivity contribution in [2.45, 2.75) is 0 Å². The van der Waals surface area contributed by atoms with Gasteiger partial charge in [-0.15, -0.1) is 0 Å². The Hall–Kier alpha value is 0.860. The van der Waals surface area contributed by atoms with E-state index < -0.39 is 21.8 Å². The van der Waals surface area contributed by atoms with Gasteiger partial charge in [0.2, 0.25) is 10.4 Å². The van der Waals surface area contributed by atoms with Crippen LogP contribution in [0.1, 0.15) is 0 Å². The Morgan fingerprint density at radius 1 is 1.25 bits per heavy atom. The zero-order valence-corrected chi connectivity index (χ0v) is 9.58. The van der Waals surface area contributed by atoms with Crippen molar-refractivity contribution in [3.8, 4) is 0 Å². The average molecular weight is 234 g/mol. The molecule has 0 aromatic carbocycles. The molecule has 0 atom stereocenters. The average Bonchev–Trinajstić information content (AvgIpc) is 1.63. The third kappa shape index (κ3) is 1430. The fourth-order valence-electron chi connectivity index (χ4n) is 0. The molecule has 0 amide bonds. The third-order valence-corrected chi connectivity index (χ3v) is 0. The fourth-order valence-corrected chi connectivity index (χ4v) is 0. The third-order valence-electron chi connectivity index (χ3n) is 0. The van der Waals surface area contributed by atoms with Crippen molar-refractivity contribution in [2.24, 2.45) is 11.7 Å². The van der Waals surface area contributed by atoms with E-state index >= 15 is 0 Å². The second-order valence-corrected chi connectivity index (χ2v) is 1.98. The Labute approximate surface area is 93.5 Å². The van der Waals surface area contributed by atoms with Gasteiger partial charge in [-0.05, 0) is 0 Å². The number of hydrazine groups is 1. The van der Waals surface area contributed by atoms with Crippen LogP contribution in [0.2, 0.25) is 0 Å². The Morgan fingerprint density at radius 3 is 1.25 bits per heavy atom. The van der Waals surface area contributed by atoms with E-state index in [0.29, 0.717) is 0 Å². The van der Waals surface area contributed by atoms with Gasteiger partial charge in [-0.1, -0.05) is 0 Å². The van der Waals surface area contributed by atoms with Gasteiger partial charge in [0, 0.05) is 0 Å². The standard InChI is InChI=1S/H4N2.Na.H2O4S.H2O3S/c1-2;;1-5(2,3)4;1-4(2)3/h1-2H2;;(H2,1,2,3,4);(H2,1,2,3)/q;+1;;/p-1. The number of hydrogen-bond donors (Lipinski definition) is 5. The molecular weight excluding hydrogens is 227 g/mol.